The van der Waals surface area contributed by atoms with E-state index in [9.17, 15) is 24.6 Å². The van der Waals surface area contributed by atoms with E-state index in [4.69, 9.17) is 16.3 Å². The van der Waals surface area contributed by atoms with Crippen molar-refractivity contribution in [2.24, 2.45) is 11.3 Å². The van der Waals surface area contributed by atoms with E-state index in [-0.39, 0.29) is 18.9 Å². The van der Waals surface area contributed by atoms with Crippen LogP contribution in [0.15, 0.2) is 24.3 Å². The molecule has 0 aliphatic heterocycles. The van der Waals surface area contributed by atoms with Gasteiger partial charge in [0.05, 0.1) is 24.4 Å². The van der Waals surface area contributed by atoms with E-state index in [0.29, 0.717) is 42.9 Å². The summed E-state index contributed by atoms with van der Waals surface area (Å²) in [6.07, 6.45) is 4.67. The van der Waals surface area contributed by atoms with Crippen LogP contribution in [0, 0.1) is 11.3 Å². The van der Waals surface area contributed by atoms with E-state index < -0.39 is 29.3 Å². The Kier molecular flexibility index (Phi) is 9.62. The van der Waals surface area contributed by atoms with Crippen molar-refractivity contribution in [2.75, 3.05) is 6.61 Å². The minimum Gasteiger partial charge on any atom is -0.494 e. The molecule has 1 amide bonds. The fraction of sp³-hybridized carbons (Fsp3) is 0.609. The molecular weight excluding hydrogens is 422 g/mol. The van der Waals surface area contributed by atoms with Gasteiger partial charge in [-0.2, -0.15) is 0 Å². The number of benzene rings is 1. The number of nitrogens with one attached hydrogen (secondary N) is 1. The van der Waals surface area contributed by atoms with Crippen LogP contribution < -0.4 is 10.1 Å². The lowest BCUT2D eigenvalue weighted by Crippen LogP contribution is -2.47. The smallest absolute Gasteiger partial charge is 0.306 e. The summed E-state index contributed by atoms with van der Waals surface area (Å²) in [5.41, 5.74) is -0.744. The minimum atomic E-state index is -1.01. The number of rotatable bonds is 13. The minimum absolute atomic E-state index is 0.219. The number of amides is 1. The van der Waals surface area contributed by atoms with Crippen LogP contribution in [-0.2, 0) is 14.4 Å². The van der Waals surface area contributed by atoms with Crippen LogP contribution in [0.25, 0.3) is 0 Å². The van der Waals surface area contributed by atoms with E-state index in [1.165, 1.54) is 0 Å². The Hall–Kier alpha value is -2.28. The number of carboxylic acids is 2. The first-order valence-electron chi connectivity index (χ1n) is 10.9. The molecule has 0 radical (unpaired) electrons. The first-order valence-corrected chi connectivity index (χ1v) is 11.3. The van der Waals surface area contributed by atoms with Crippen molar-refractivity contribution < 1.29 is 29.3 Å². The van der Waals surface area contributed by atoms with Gasteiger partial charge in [0, 0.05) is 17.5 Å². The maximum atomic E-state index is 13.2. The third kappa shape index (κ3) is 7.73. The van der Waals surface area contributed by atoms with Gasteiger partial charge in [-0.15, -0.1) is 0 Å². The Bertz CT molecular complexity index is 745. The van der Waals surface area contributed by atoms with Crippen molar-refractivity contribution in [2.45, 2.75) is 70.8 Å². The van der Waals surface area contributed by atoms with Crippen LogP contribution in [-0.4, -0.2) is 40.7 Å². The van der Waals surface area contributed by atoms with Crippen molar-refractivity contribution >= 4 is 29.4 Å². The van der Waals surface area contributed by atoms with Gasteiger partial charge in [-0.05, 0) is 49.9 Å². The molecule has 0 saturated heterocycles. The van der Waals surface area contributed by atoms with Crippen LogP contribution in [0.2, 0.25) is 5.02 Å². The lowest BCUT2D eigenvalue weighted by Gasteiger charge is -2.32. The Balaban J connectivity index is 2.02. The van der Waals surface area contributed by atoms with Gasteiger partial charge in [-0.25, -0.2) is 0 Å². The summed E-state index contributed by atoms with van der Waals surface area (Å²) < 4.78 is 5.65. The summed E-state index contributed by atoms with van der Waals surface area (Å²) in [6.45, 7) is 2.17. The second kappa shape index (κ2) is 11.9. The first-order chi connectivity index (χ1) is 14.8. The van der Waals surface area contributed by atoms with Gasteiger partial charge in [0.1, 0.15) is 5.75 Å². The highest BCUT2D eigenvalue weighted by atomic mass is 35.5. The second-order valence-electron chi connectivity index (χ2n) is 8.37. The zero-order chi connectivity index (χ0) is 22.9. The van der Waals surface area contributed by atoms with Gasteiger partial charge in [0.2, 0.25) is 5.91 Å². The average molecular weight is 454 g/mol. The molecule has 172 valence electrons. The molecule has 2 unspecified atom stereocenters. The highest BCUT2D eigenvalue weighted by Gasteiger charge is 2.44. The lowest BCUT2D eigenvalue weighted by molar-refractivity contribution is -0.144. The predicted octanol–water partition coefficient (Wildman–Crippen LogP) is 4.52. The quantitative estimate of drug-likeness (QED) is 0.404. The lowest BCUT2D eigenvalue weighted by atomic mass is 9.75. The average Bonchev–Trinajstić information content (AvgIpc) is 3.18. The Morgan fingerprint density at radius 3 is 2.32 bits per heavy atom. The van der Waals surface area contributed by atoms with E-state index in [0.717, 1.165) is 19.3 Å². The molecule has 1 aromatic rings. The van der Waals surface area contributed by atoms with Crippen LogP contribution in [0.4, 0.5) is 0 Å². The van der Waals surface area contributed by atoms with Gasteiger partial charge in [-0.1, -0.05) is 37.8 Å². The second-order valence-corrected chi connectivity index (χ2v) is 8.81. The summed E-state index contributed by atoms with van der Waals surface area (Å²) in [4.78, 5) is 36.2. The molecule has 2 rings (SSSR count). The van der Waals surface area contributed by atoms with E-state index >= 15 is 0 Å². The topological polar surface area (TPSA) is 113 Å². The number of ether oxygens (including phenoxy) is 1. The number of carbonyl (C=O) groups is 3. The van der Waals surface area contributed by atoms with Gasteiger partial charge in [0.25, 0.3) is 0 Å². The number of hydrogen-bond donors (Lipinski definition) is 3. The van der Waals surface area contributed by atoms with Crippen LogP contribution in [0.5, 0.6) is 5.75 Å². The zero-order valence-electron chi connectivity index (χ0n) is 17.9. The molecule has 1 fully saturated rings. The fourth-order valence-corrected chi connectivity index (χ4v) is 4.46. The Morgan fingerprint density at radius 2 is 1.77 bits per heavy atom. The van der Waals surface area contributed by atoms with Gasteiger partial charge >= 0.3 is 11.9 Å². The van der Waals surface area contributed by atoms with Gasteiger partial charge in [-0.3, -0.25) is 14.4 Å². The maximum Gasteiger partial charge on any atom is 0.306 e. The standard InChI is InChI=1S/C23H32ClNO6/c1-2-5-16(21(28)29)15-23(11-3-4-12-23)22(30)25-18(14-20(26)27)10-13-31-19-8-6-17(24)7-9-19/h6-9,16,18H,2-5,10-15H2,1H3,(H,25,30)(H,26,27)(H,28,29). The molecule has 3 N–H and O–H groups in total. The SMILES string of the molecule is CCCC(CC1(C(=O)NC(CCOc2ccc(Cl)cc2)CC(=O)O)CCCC1)C(=O)O. The fourth-order valence-electron chi connectivity index (χ4n) is 4.33. The predicted molar refractivity (Wildman–Crippen MR) is 117 cm³/mol. The van der Waals surface area contributed by atoms with Crippen LogP contribution in [0.3, 0.4) is 0 Å². The molecule has 0 bridgehead atoms. The molecule has 7 nitrogen and oxygen atoms in total. The first kappa shape index (κ1) is 25.0. The zero-order valence-corrected chi connectivity index (χ0v) is 18.7. The molecule has 1 aliphatic rings. The molecule has 31 heavy (non-hydrogen) atoms. The summed E-state index contributed by atoms with van der Waals surface area (Å²) in [5, 5.41) is 22.3. The molecule has 1 saturated carbocycles. The highest BCUT2D eigenvalue weighted by Crippen LogP contribution is 2.44. The molecule has 0 heterocycles. The summed E-state index contributed by atoms with van der Waals surface area (Å²) >= 11 is 5.86. The van der Waals surface area contributed by atoms with Crippen molar-refractivity contribution in [3.05, 3.63) is 29.3 Å². The third-order valence-corrected chi connectivity index (χ3v) is 6.22. The largest absolute Gasteiger partial charge is 0.494 e. The molecular formula is C23H32ClNO6. The third-order valence-electron chi connectivity index (χ3n) is 5.97. The number of carbonyl (C=O) groups excluding carboxylic acids is 1. The summed E-state index contributed by atoms with van der Waals surface area (Å²) in [6, 6.07) is 6.25. The number of carboxylic acid groups (broad SMARTS) is 2. The monoisotopic (exact) mass is 453 g/mol. The molecule has 2 atom stereocenters. The van der Waals surface area contributed by atoms with Crippen molar-refractivity contribution in [3.63, 3.8) is 0 Å². The summed E-state index contributed by atoms with van der Waals surface area (Å²) in [7, 11) is 0. The van der Waals surface area contributed by atoms with E-state index in [1.54, 1.807) is 24.3 Å². The number of halogens is 1. The van der Waals surface area contributed by atoms with Crippen LogP contribution in [0.1, 0.15) is 64.7 Å². The maximum absolute atomic E-state index is 13.2. The van der Waals surface area contributed by atoms with E-state index in [1.807, 2.05) is 6.92 Å². The van der Waals surface area contributed by atoms with Gasteiger partial charge < -0.3 is 20.3 Å². The van der Waals surface area contributed by atoms with Crippen molar-refractivity contribution in [3.8, 4) is 5.75 Å². The highest BCUT2D eigenvalue weighted by molar-refractivity contribution is 6.30. The van der Waals surface area contributed by atoms with Crippen molar-refractivity contribution in [1.82, 2.24) is 5.32 Å². The van der Waals surface area contributed by atoms with Gasteiger partial charge in [0.15, 0.2) is 0 Å². The van der Waals surface area contributed by atoms with Crippen LogP contribution >= 0.6 is 11.6 Å². The van der Waals surface area contributed by atoms with Crippen molar-refractivity contribution in [1.29, 1.82) is 0 Å². The Morgan fingerprint density at radius 1 is 1.13 bits per heavy atom. The molecule has 1 aliphatic carbocycles. The number of hydrogen-bond acceptors (Lipinski definition) is 4. The molecule has 0 aromatic heterocycles. The molecule has 0 spiro atoms. The summed E-state index contributed by atoms with van der Waals surface area (Å²) in [5.74, 6) is -2.07. The normalized spacial score (nSPS) is 17.0. The Labute approximate surface area is 188 Å². The molecule has 8 heteroatoms. The molecule has 1 aromatic carbocycles. The number of aliphatic carboxylic acids is 2. The van der Waals surface area contributed by atoms with E-state index in [2.05, 4.69) is 5.32 Å².